The molecule has 0 radical (unpaired) electrons. The lowest BCUT2D eigenvalue weighted by molar-refractivity contribution is -0.140. The van der Waals surface area contributed by atoms with Crippen molar-refractivity contribution in [1.82, 2.24) is 4.90 Å². The monoisotopic (exact) mass is 346 g/mol. The minimum absolute atomic E-state index is 0.0588. The van der Waals surface area contributed by atoms with Crippen molar-refractivity contribution in [3.63, 3.8) is 0 Å². The summed E-state index contributed by atoms with van der Waals surface area (Å²) in [7, 11) is 0. The SMILES string of the molecule is O=C(CCN1C(=O)[C@@H]2[C@H]3CC[C@@H](C3)[C@H]2C1=O)Nc1ccc(Cl)cc1. The van der Waals surface area contributed by atoms with Crippen molar-refractivity contribution >= 4 is 35.0 Å². The van der Waals surface area contributed by atoms with Crippen LogP contribution in [-0.2, 0) is 14.4 Å². The first-order chi connectivity index (χ1) is 11.5. The Morgan fingerprint density at radius 1 is 1.08 bits per heavy atom. The standard InChI is InChI=1S/C18H19ClN2O3/c19-12-3-5-13(6-4-12)20-14(22)7-8-21-17(23)15-10-1-2-11(9-10)16(15)18(21)24/h3-6,10-11,15-16H,1-2,7-9H2,(H,20,22)/t10-,11-,15+,16+/m0/s1. The summed E-state index contributed by atoms with van der Waals surface area (Å²) in [5.74, 6) is 0.200. The Morgan fingerprint density at radius 3 is 2.25 bits per heavy atom. The zero-order valence-corrected chi connectivity index (χ0v) is 14.0. The molecule has 1 aliphatic heterocycles. The van der Waals surface area contributed by atoms with Gasteiger partial charge in [0.25, 0.3) is 0 Å². The molecule has 4 rings (SSSR count). The summed E-state index contributed by atoms with van der Waals surface area (Å²) in [5, 5.41) is 3.36. The van der Waals surface area contributed by atoms with Crippen LogP contribution in [0.4, 0.5) is 5.69 Å². The van der Waals surface area contributed by atoms with Crippen LogP contribution in [0.5, 0.6) is 0 Å². The Labute approximate surface area is 145 Å². The van der Waals surface area contributed by atoms with Gasteiger partial charge in [-0.15, -0.1) is 0 Å². The van der Waals surface area contributed by atoms with Gasteiger partial charge in [-0.1, -0.05) is 11.6 Å². The lowest BCUT2D eigenvalue weighted by Crippen LogP contribution is -2.35. The molecule has 126 valence electrons. The fraction of sp³-hybridized carbons (Fsp3) is 0.500. The molecule has 5 nitrogen and oxygen atoms in total. The fourth-order valence-electron chi connectivity index (χ4n) is 4.66. The number of nitrogens with one attached hydrogen (secondary N) is 1. The summed E-state index contributed by atoms with van der Waals surface area (Å²) in [6, 6.07) is 6.83. The molecule has 4 atom stereocenters. The quantitative estimate of drug-likeness (QED) is 0.852. The maximum atomic E-state index is 12.6. The van der Waals surface area contributed by atoms with Crippen LogP contribution in [0.15, 0.2) is 24.3 Å². The van der Waals surface area contributed by atoms with Gasteiger partial charge >= 0.3 is 0 Å². The maximum absolute atomic E-state index is 12.6. The molecular formula is C18H19ClN2O3. The molecule has 1 saturated heterocycles. The molecule has 2 aliphatic carbocycles. The van der Waals surface area contributed by atoms with Crippen molar-refractivity contribution in [2.45, 2.75) is 25.7 Å². The van der Waals surface area contributed by atoms with Gasteiger partial charge in [0.15, 0.2) is 0 Å². The van der Waals surface area contributed by atoms with Gasteiger partial charge in [-0.3, -0.25) is 19.3 Å². The normalized spacial score (nSPS) is 30.8. The molecule has 0 spiro atoms. The first-order valence-electron chi connectivity index (χ1n) is 8.45. The van der Waals surface area contributed by atoms with E-state index in [0.29, 0.717) is 22.5 Å². The Balaban J connectivity index is 1.36. The van der Waals surface area contributed by atoms with Crippen molar-refractivity contribution in [3.8, 4) is 0 Å². The third-order valence-corrected chi connectivity index (χ3v) is 5.96. The van der Waals surface area contributed by atoms with Crippen molar-refractivity contribution in [2.75, 3.05) is 11.9 Å². The van der Waals surface area contributed by atoms with Crippen molar-refractivity contribution in [3.05, 3.63) is 29.3 Å². The number of nitrogens with zero attached hydrogens (tertiary/aromatic N) is 1. The van der Waals surface area contributed by atoms with Gasteiger partial charge in [0, 0.05) is 23.7 Å². The Bertz CT molecular complexity index is 675. The number of benzene rings is 1. The number of halogens is 1. The third-order valence-electron chi connectivity index (χ3n) is 5.71. The van der Waals surface area contributed by atoms with Gasteiger partial charge in [0.1, 0.15) is 0 Å². The van der Waals surface area contributed by atoms with Crippen molar-refractivity contribution in [2.24, 2.45) is 23.7 Å². The average molecular weight is 347 g/mol. The molecule has 3 aliphatic rings. The van der Waals surface area contributed by atoms with E-state index in [1.54, 1.807) is 24.3 Å². The van der Waals surface area contributed by atoms with E-state index in [1.807, 2.05) is 0 Å². The number of hydrogen-bond acceptors (Lipinski definition) is 3. The number of imide groups is 1. The molecule has 6 heteroatoms. The lowest BCUT2D eigenvalue weighted by Gasteiger charge is -2.19. The molecule has 2 bridgehead atoms. The minimum Gasteiger partial charge on any atom is -0.326 e. The summed E-state index contributed by atoms with van der Waals surface area (Å²) < 4.78 is 0. The molecule has 1 heterocycles. The second-order valence-electron chi connectivity index (χ2n) is 7.02. The summed E-state index contributed by atoms with van der Waals surface area (Å²) in [6.45, 7) is 0.170. The average Bonchev–Trinajstić information content (AvgIpc) is 3.23. The van der Waals surface area contributed by atoms with Crippen LogP contribution >= 0.6 is 11.6 Å². The van der Waals surface area contributed by atoms with Crippen molar-refractivity contribution < 1.29 is 14.4 Å². The summed E-state index contributed by atoms with van der Waals surface area (Å²) in [6.07, 6.45) is 3.28. The number of carbonyl (C=O) groups excluding carboxylic acids is 3. The van der Waals surface area contributed by atoms with E-state index >= 15 is 0 Å². The second-order valence-corrected chi connectivity index (χ2v) is 7.45. The Morgan fingerprint density at radius 2 is 1.67 bits per heavy atom. The molecule has 1 N–H and O–H groups in total. The van der Waals surface area contributed by atoms with Crippen LogP contribution in [0.25, 0.3) is 0 Å². The highest BCUT2D eigenvalue weighted by Crippen LogP contribution is 2.56. The number of likely N-dealkylation sites (tertiary alicyclic amines) is 1. The van der Waals surface area contributed by atoms with E-state index < -0.39 is 0 Å². The zero-order chi connectivity index (χ0) is 16.8. The highest BCUT2D eigenvalue weighted by Gasteiger charge is 2.60. The van der Waals surface area contributed by atoms with Gasteiger partial charge < -0.3 is 5.32 Å². The largest absolute Gasteiger partial charge is 0.326 e. The van der Waals surface area contributed by atoms with Crippen molar-refractivity contribution in [1.29, 1.82) is 0 Å². The van der Waals surface area contributed by atoms with Gasteiger partial charge in [-0.25, -0.2) is 0 Å². The number of hydrogen-bond donors (Lipinski definition) is 1. The number of amides is 3. The van der Waals surface area contributed by atoms with Crippen LogP contribution in [0.3, 0.4) is 0 Å². The summed E-state index contributed by atoms with van der Waals surface area (Å²) in [5.41, 5.74) is 0.651. The van der Waals surface area contributed by atoms with Crippen LogP contribution in [0.1, 0.15) is 25.7 Å². The van der Waals surface area contributed by atoms with Gasteiger partial charge in [0.2, 0.25) is 17.7 Å². The molecule has 3 fully saturated rings. The maximum Gasteiger partial charge on any atom is 0.233 e. The predicted molar refractivity (Wildman–Crippen MR) is 89.2 cm³/mol. The van der Waals surface area contributed by atoms with E-state index in [2.05, 4.69) is 5.32 Å². The molecule has 24 heavy (non-hydrogen) atoms. The highest BCUT2D eigenvalue weighted by atomic mass is 35.5. The topological polar surface area (TPSA) is 66.5 Å². The first-order valence-corrected chi connectivity index (χ1v) is 8.83. The van der Waals surface area contributed by atoms with E-state index in [1.165, 1.54) is 4.90 Å². The predicted octanol–water partition coefficient (Wildman–Crippen LogP) is 2.70. The molecule has 0 aromatic heterocycles. The Hall–Kier alpha value is -1.88. The van der Waals surface area contributed by atoms with Crippen LogP contribution < -0.4 is 5.32 Å². The molecule has 1 aromatic rings. The van der Waals surface area contributed by atoms with Crippen LogP contribution in [0.2, 0.25) is 5.02 Å². The highest BCUT2D eigenvalue weighted by molar-refractivity contribution is 6.30. The number of carbonyl (C=O) groups is 3. The summed E-state index contributed by atoms with van der Waals surface area (Å²) >= 11 is 5.81. The first kappa shape index (κ1) is 15.6. The van der Waals surface area contributed by atoms with Gasteiger partial charge in [-0.2, -0.15) is 0 Å². The smallest absolute Gasteiger partial charge is 0.233 e. The van der Waals surface area contributed by atoms with Crippen LogP contribution in [-0.4, -0.2) is 29.2 Å². The lowest BCUT2D eigenvalue weighted by atomic mass is 9.81. The molecular weight excluding hydrogens is 328 g/mol. The molecule has 0 unspecified atom stereocenters. The molecule has 2 saturated carbocycles. The van der Waals surface area contributed by atoms with Gasteiger partial charge in [-0.05, 0) is 55.4 Å². The van der Waals surface area contributed by atoms with Crippen LogP contribution in [0, 0.1) is 23.7 Å². The number of rotatable bonds is 4. The van der Waals surface area contributed by atoms with Gasteiger partial charge in [0.05, 0.1) is 11.8 Å². The zero-order valence-electron chi connectivity index (χ0n) is 13.2. The molecule has 1 aromatic carbocycles. The summed E-state index contributed by atoms with van der Waals surface area (Å²) in [4.78, 5) is 38.5. The molecule has 3 amide bonds. The third kappa shape index (κ3) is 2.51. The number of anilines is 1. The van der Waals surface area contributed by atoms with E-state index in [0.717, 1.165) is 19.3 Å². The second kappa shape index (κ2) is 5.88. The van der Waals surface area contributed by atoms with E-state index in [-0.39, 0.29) is 42.5 Å². The minimum atomic E-state index is -0.210. The van der Waals surface area contributed by atoms with E-state index in [9.17, 15) is 14.4 Å². The van der Waals surface area contributed by atoms with E-state index in [4.69, 9.17) is 11.6 Å². The Kier molecular flexibility index (Phi) is 3.83. The fourth-order valence-corrected chi connectivity index (χ4v) is 4.79. The number of fused-ring (bicyclic) bond motifs is 5.